The van der Waals surface area contributed by atoms with Crippen molar-refractivity contribution in [3.05, 3.63) is 108 Å². The molecule has 0 aliphatic carbocycles. The first-order chi connectivity index (χ1) is 15.7. The summed E-state index contributed by atoms with van der Waals surface area (Å²) in [7, 11) is 6.55. The van der Waals surface area contributed by atoms with Crippen LogP contribution in [0.5, 0.6) is 23.0 Å². The molecule has 5 heteroatoms. The standard InChI is InChI=1S/C23H23O4.C5H5.Fe/c1-24-19-11-9-17(10-12-19)20(16-7-5-6-8-16)13-18-14-22(26-3)23(27-4)15-21(18)25-2;1-2-4-5-3-1;/h5-15H,1-4H3;1-5H;/q2*-1;+2/b20-13+;;. The molecule has 0 bridgehead atoms. The predicted molar refractivity (Wildman–Crippen MR) is 130 cm³/mol. The van der Waals surface area contributed by atoms with Crippen LogP contribution in [0.4, 0.5) is 0 Å². The van der Waals surface area contributed by atoms with E-state index >= 15 is 0 Å². The molecule has 0 spiro atoms. The van der Waals surface area contributed by atoms with Crippen molar-refractivity contribution in [3.63, 3.8) is 0 Å². The van der Waals surface area contributed by atoms with Gasteiger partial charge in [0.05, 0.1) is 28.4 Å². The largest absolute Gasteiger partial charge is 2.00 e. The van der Waals surface area contributed by atoms with Crippen molar-refractivity contribution in [2.45, 2.75) is 0 Å². The van der Waals surface area contributed by atoms with Crippen LogP contribution >= 0.6 is 0 Å². The molecule has 0 atom stereocenters. The molecule has 4 nitrogen and oxygen atoms in total. The van der Waals surface area contributed by atoms with Crippen LogP contribution < -0.4 is 18.9 Å². The second-order valence-corrected chi connectivity index (χ2v) is 6.87. The third-order valence-electron chi connectivity index (χ3n) is 4.97. The van der Waals surface area contributed by atoms with Crippen LogP contribution in [-0.4, -0.2) is 28.4 Å². The van der Waals surface area contributed by atoms with Gasteiger partial charge in [0.1, 0.15) is 11.5 Å². The molecule has 0 aliphatic heterocycles. The van der Waals surface area contributed by atoms with Crippen molar-refractivity contribution in [1.82, 2.24) is 0 Å². The Morgan fingerprint density at radius 1 is 0.727 bits per heavy atom. The molecular formula is C28H28FeO4. The minimum atomic E-state index is 0. The Kier molecular flexibility index (Phi) is 10.4. The monoisotopic (exact) mass is 484 g/mol. The molecule has 0 amide bonds. The van der Waals surface area contributed by atoms with Crippen molar-refractivity contribution >= 4 is 11.6 Å². The summed E-state index contributed by atoms with van der Waals surface area (Å²) >= 11 is 0. The van der Waals surface area contributed by atoms with E-state index in [1.165, 1.54) is 0 Å². The molecule has 0 fully saturated rings. The molecule has 0 unspecified atom stereocenters. The van der Waals surface area contributed by atoms with E-state index in [2.05, 4.69) is 18.2 Å². The van der Waals surface area contributed by atoms with Crippen LogP contribution in [0.25, 0.3) is 11.6 Å². The van der Waals surface area contributed by atoms with Gasteiger partial charge in [-0.05, 0) is 23.8 Å². The van der Waals surface area contributed by atoms with E-state index in [1.54, 1.807) is 28.4 Å². The van der Waals surface area contributed by atoms with Gasteiger partial charge in [-0.25, -0.2) is 12.1 Å². The minimum absolute atomic E-state index is 0. The average Bonchev–Trinajstić information content (AvgIpc) is 3.59. The van der Waals surface area contributed by atoms with E-state index in [0.717, 1.165) is 28.0 Å². The fourth-order valence-electron chi connectivity index (χ4n) is 3.30. The molecule has 0 aromatic heterocycles. The predicted octanol–water partition coefficient (Wildman–Crippen LogP) is 6.43. The second-order valence-electron chi connectivity index (χ2n) is 6.87. The second kappa shape index (κ2) is 13.2. The molecule has 33 heavy (non-hydrogen) atoms. The molecule has 4 rings (SSSR count). The molecule has 0 N–H and O–H groups in total. The van der Waals surface area contributed by atoms with Gasteiger partial charge in [0.2, 0.25) is 0 Å². The number of rotatable bonds is 7. The first-order valence-electron chi connectivity index (χ1n) is 10.2. The fraction of sp³-hybridized carbons (Fsp3) is 0.143. The van der Waals surface area contributed by atoms with Crippen LogP contribution in [0.2, 0.25) is 0 Å². The van der Waals surface area contributed by atoms with Gasteiger partial charge in [-0.1, -0.05) is 23.3 Å². The average molecular weight is 484 g/mol. The Morgan fingerprint density at radius 3 is 1.79 bits per heavy atom. The van der Waals surface area contributed by atoms with Crippen molar-refractivity contribution < 1.29 is 36.0 Å². The summed E-state index contributed by atoms with van der Waals surface area (Å²) in [5.74, 6) is 2.82. The summed E-state index contributed by atoms with van der Waals surface area (Å²) in [6, 6.07) is 30.0. The minimum Gasteiger partial charge on any atom is -0.497 e. The summed E-state index contributed by atoms with van der Waals surface area (Å²) < 4.78 is 21.7. The van der Waals surface area contributed by atoms with Gasteiger partial charge < -0.3 is 18.9 Å². The zero-order chi connectivity index (χ0) is 22.8. The van der Waals surface area contributed by atoms with Crippen LogP contribution in [0, 0.1) is 0 Å². The number of hydrogen-bond acceptors (Lipinski definition) is 4. The van der Waals surface area contributed by atoms with Gasteiger partial charge in [-0.3, -0.25) is 0 Å². The van der Waals surface area contributed by atoms with Crippen molar-refractivity contribution in [3.8, 4) is 23.0 Å². The molecule has 4 aromatic carbocycles. The van der Waals surface area contributed by atoms with Gasteiger partial charge in [0.15, 0.2) is 11.5 Å². The Balaban J connectivity index is 0.000000568. The Morgan fingerprint density at radius 2 is 1.30 bits per heavy atom. The fourth-order valence-corrected chi connectivity index (χ4v) is 3.30. The van der Waals surface area contributed by atoms with Gasteiger partial charge in [0.25, 0.3) is 0 Å². The van der Waals surface area contributed by atoms with Gasteiger partial charge in [-0.2, -0.15) is 30.3 Å². The summed E-state index contributed by atoms with van der Waals surface area (Å²) in [6.07, 6.45) is 2.10. The van der Waals surface area contributed by atoms with Crippen molar-refractivity contribution in [1.29, 1.82) is 0 Å². The van der Waals surface area contributed by atoms with Crippen LogP contribution in [0.3, 0.4) is 0 Å². The summed E-state index contributed by atoms with van der Waals surface area (Å²) in [5.41, 5.74) is 4.19. The van der Waals surface area contributed by atoms with Gasteiger partial charge >= 0.3 is 17.1 Å². The zero-order valence-corrected chi connectivity index (χ0v) is 20.3. The van der Waals surface area contributed by atoms with Gasteiger partial charge in [0, 0.05) is 6.07 Å². The molecule has 172 valence electrons. The van der Waals surface area contributed by atoms with Crippen LogP contribution in [-0.2, 0) is 17.1 Å². The Labute approximate surface area is 206 Å². The van der Waals surface area contributed by atoms with Crippen molar-refractivity contribution in [2.75, 3.05) is 28.4 Å². The molecule has 0 heterocycles. The van der Waals surface area contributed by atoms with E-state index in [1.807, 2.05) is 78.9 Å². The summed E-state index contributed by atoms with van der Waals surface area (Å²) in [4.78, 5) is 0. The Hall–Kier alpha value is -3.40. The van der Waals surface area contributed by atoms with Crippen molar-refractivity contribution in [2.24, 2.45) is 0 Å². The topological polar surface area (TPSA) is 36.9 Å². The van der Waals surface area contributed by atoms with Crippen LogP contribution in [0.15, 0.2) is 91.0 Å². The SMILES string of the molecule is COc1ccc(/C(=C/c2cc(OC)c(OC)cc2OC)[c-]2cccc2)cc1.[Fe+2].c1cc[cH-]c1. The maximum absolute atomic E-state index is 5.58. The number of ether oxygens (including phenoxy) is 4. The summed E-state index contributed by atoms with van der Waals surface area (Å²) in [6.45, 7) is 0. The zero-order valence-electron chi connectivity index (χ0n) is 19.2. The molecule has 0 saturated heterocycles. The summed E-state index contributed by atoms with van der Waals surface area (Å²) in [5, 5.41) is 0. The maximum Gasteiger partial charge on any atom is 2.00 e. The Bertz CT molecular complexity index is 1080. The molecular weight excluding hydrogens is 456 g/mol. The first kappa shape index (κ1) is 25.9. The van der Waals surface area contributed by atoms with Crippen LogP contribution in [0.1, 0.15) is 16.7 Å². The smallest absolute Gasteiger partial charge is 0.497 e. The third-order valence-corrected chi connectivity index (χ3v) is 4.97. The number of hydrogen-bond donors (Lipinski definition) is 0. The van der Waals surface area contributed by atoms with Gasteiger partial charge in [-0.15, -0.1) is 23.8 Å². The normalized spacial score (nSPS) is 10.4. The molecule has 0 aliphatic rings. The number of benzene rings is 2. The number of methoxy groups -OCH3 is 4. The van der Waals surface area contributed by atoms with E-state index < -0.39 is 0 Å². The molecule has 0 radical (unpaired) electrons. The third kappa shape index (κ3) is 6.79. The van der Waals surface area contributed by atoms with E-state index in [9.17, 15) is 0 Å². The molecule has 4 aromatic rings. The first-order valence-corrected chi connectivity index (χ1v) is 10.2. The van der Waals surface area contributed by atoms with E-state index in [4.69, 9.17) is 18.9 Å². The molecule has 0 saturated carbocycles. The quantitative estimate of drug-likeness (QED) is 0.172. The maximum atomic E-state index is 5.58. The van der Waals surface area contributed by atoms with E-state index in [-0.39, 0.29) is 17.1 Å². The van der Waals surface area contributed by atoms with E-state index in [0.29, 0.717) is 17.2 Å².